The fraction of sp³-hybridized carbons (Fsp3) is 0.368. The Morgan fingerprint density at radius 2 is 1.48 bits per heavy atom. The first kappa shape index (κ1) is 20.9. The molecule has 25 heavy (non-hydrogen) atoms. The van der Waals surface area contributed by atoms with Crippen LogP contribution in [-0.4, -0.2) is 39.3 Å². The van der Waals surface area contributed by atoms with Crippen LogP contribution in [0.25, 0.3) is 10.8 Å². The lowest BCUT2D eigenvalue weighted by Crippen LogP contribution is -2.32. The summed E-state index contributed by atoms with van der Waals surface area (Å²) in [5.41, 5.74) is 0. The van der Waals surface area contributed by atoms with E-state index in [0.29, 0.717) is 18.5 Å². The highest BCUT2D eigenvalue weighted by Gasteiger charge is 1.95. The summed E-state index contributed by atoms with van der Waals surface area (Å²) in [6, 6.07) is 16.7. The Kier molecular flexibility index (Phi) is 11.0. The van der Waals surface area contributed by atoms with Gasteiger partial charge in [0.25, 0.3) is 5.91 Å². The van der Waals surface area contributed by atoms with Crippen molar-refractivity contribution in [2.75, 3.05) is 19.6 Å². The third kappa shape index (κ3) is 10.3. The van der Waals surface area contributed by atoms with Crippen LogP contribution in [0, 0.1) is 0 Å². The van der Waals surface area contributed by atoms with Gasteiger partial charge in [-0.2, -0.15) is 8.42 Å². The van der Waals surface area contributed by atoms with E-state index in [1.807, 2.05) is 0 Å². The van der Waals surface area contributed by atoms with E-state index in [0.717, 1.165) is 13.0 Å². The van der Waals surface area contributed by atoms with E-state index in [4.69, 9.17) is 0 Å². The largest absolute Gasteiger partial charge is 0.350 e. The van der Waals surface area contributed by atoms with E-state index in [9.17, 15) is 13.2 Å². The van der Waals surface area contributed by atoms with Crippen LogP contribution in [-0.2, 0) is 15.1 Å². The SMILES string of the molecule is CCCCCNCCNC(=O)C=S(=O)=O.c1ccc2ccccc2c1. The highest BCUT2D eigenvalue weighted by atomic mass is 32.2. The fourth-order valence-corrected chi connectivity index (χ4v) is 2.42. The molecule has 0 aromatic heterocycles. The molecule has 136 valence electrons. The molecule has 6 heteroatoms. The van der Waals surface area contributed by atoms with Gasteiger partial charge in [0.05, 0.1) is 0 Å². The zero-order valence-electron chi connectivity index (χ0n) is 14.6. The quantitative estimate of drug-likeness (QED) is 0.559. The molecular formula is C19H26N2O3S. The lowest BCUT2D eigenvalue weighted by molar-refractivity contribution is -0.114. The van der Waals surface area contributed by atoms with E-state index in [2.05, 4.69) is 66.1 Å². The summed E-state index contributed by atoms with van der Waals surface area (Å²) in [5.74, 6) is -0.571. The second-order valence-corrected chi connectivity index (χ2v) is 6.23. The van der Waals surface area contributed by atoms with Crippen molar-refractivity contribution in [1.82, 2.24) is 10.6 Å². The molecular weight excluding hydrogens is 336 g/mol. The van der Waals surface area contributed by atoms with Gasteiger partial charge in [-0.15, -0.1) is 0 Å². The first-order chi connectivity index (χ1) is 12.1. The number of nitrogens with one attached hydrogen (secondary N) is 2. The second kappa shape index (κ2) is 13.1. The summed E-state index contributed by atoms with van der Waals surface area (Å²) in [5, 5.41) is 8.84. The average molecular weight is 362 g/mol. The van der Waals surface area contributed by atoms with Crippen LogP contribution in [0.15, 0.2) is 48.5 Å². The number of carbonyl (C=O) groups is 1. The third-order valence-electron chi connectivity index (χ3n) is 3.42. The van der Waals surface area contributed by atoms with Gasteiger partial charge in [0.2, 0.25) is 10.3 Å². The highest BCUT2D eigenvalue weighted by molar-refractivity contribution is 7.73. The monoisotopic (exact) mass is 362 g/mol. The normalized spacial score (nSPS) is 9.80. The second-order valence-electron chi connectivity index (χ2n) is 5.47. The van der Waals surface area contributed by atoms with E-state index in [1.165, 1.54) is 23.6 Å². The number of unbranched alkanes of at least 4 members (excludes halogenated alkanes) is 2. The van der Waals surface area contributed by atoms with Gasteiger partial charge in [-0.25, -0.2) is 0 Å². The zero-order chi connectivity index (χ0) is 18.3. The molecule has 2 rings (SSSR count). The molecule has 0 aliphatic carbocycles. The van der Waals surface area contributed by atoms with Gasteiger partial charge < -0.3 is 10.6 Å². The fourth-order valence-electron chi connectivity index (χ4n) is 2.16. The third-order valence-corrected chi connectivity index (χ3v) is 3.83. The van der Waals surface area contributed by atoms with Gasteiger partial charge in [0.15, 0.2) is 0 Å². The van der Waals surface area contributed by atoms with Crippen molar-refractivity contribution in [3.63, 3.8) is 0 Å². The van der Waals surface area contributed by atoms with E-state index >= 15 is 0 Å². The summed E-state index contributed by atoms with van der Waals surface area (Å²) >= 11 is 0. The summed E-state index contributed by atoms with van der Waals surface area (Å²) in [7, 11) is -2.41. The van der Waals surface area contributed by atoms with Crippen molar-refractivity contribution in [2.45, 2.75) is 26.2 Å². The molecule has 2 N–H and O–H groups in total. The molecule has 0 saturated heterocycles. The Balaban J connectivity index is 0.000000267. The first-order valence-electron chi connectivity index (χ1n) is 8.48. The number of benzene rings is 2. The Hall–Kier alpha value is -2.18. The number of hydrogen-bond acceptors (Lipinski definition) is 4. The van der Waals surface area contributed by atoms with Gasteiger partial charge in [-0.1, -0.05) is 68.3 Å². The molecule has 0 aliphatic heterocycles. The summed E-state index contributed by atoms with van der Waals surface area (Å²) < 4.78 is 20.2. The molecule has 5 nitrogen and oxygen atoms in total. The van der Waals surface area contributed by atoms with Crippen LogP contribution in [0.2, 0.25) is 0 Å². The number of hydrogen-bond donors (Lipinski definition) is 2. The van der Waals surface area contributed by atoms with Crippen molar-refractivity contribution in [3.05, 3.63) is 48.5 Å². The molecule has 0 aliphatic rings. The van der Waals surface area contributed by atoms with Gasteiger partial charge in [-0.05, 0) is 23.7 Å². The van der Waals surface area contributed by atoms with E-state index in [-0.39, 0.29) is 0 Å². The lowest BCUT2D eigenvalue weighted by atomic mass is 10.1. The minimum atomic E-state index is -2.41. The predicted octanol–water partition coefficient (Wildman–Crippen LogP) is 2.40. The molecule has 1 amide bonds. The smallest absolute Gasteiger partial charge is 0.259 e. The number of carbonyl (C=O) groups excluding carboxylic acids is 1. The van der Waals surface area contributed by atoms with Crippen molar-refractivity contribution in [2.24, 2.45) is 0 Å². The molecule has 0 bridgehead atoms. The summed E-state index contributed by atoms with van der Waals surface area (Å²) in [6.45, 7) is 4.17. The standard InChI is InChI=1S/C10H8.C9H18N2O3S/c1-2-6-10-8-4-3-7-9(10)5-1;1-2-3-4-5-10-6-7-11-9(12)8-15(13)14/h1-8H;8,10H,2-7H2,1H3,(H,11,12). The molecule has 0 unspecified atom stereocenters. The predicted molar refractivity (Wildman–Crippen MR) is 104 cm³/mol. The van der Waals surface area contributed by atoms with Gasteiger partial charge in [-0.3, -0.25) is 4.79 Å². The molecule has 0 fully saturated rings. The van der Waals surface area contributed by atoms with Gasteiger partial charge in [0.1, 0.15) is 5.37 Å². The molecule has 0 atom stereocenters. The van der Waals surface area contributed by atoms with Crippen molar-refractivity contribution in [1.29, 1.82) is 0 Å². The molecule has 0 heterocycles. The average Bonchev–Trinajstić information content (AvgIpc) is 2.61. The summed E-state index contributed by atoms with van der Waals surface area (Å²) in [4.78, 5) is 10.8. The molecule has 2 aromatic carbocycles. The van der Waals surface area contributed by atoms with Crippen molar-refractivity contribution < 1.29 is 13.2 Å². The minimum Gasteiger partial charge on any atom is -0.350 e. The van der Waals surface area contributed by atoms with Crippen LogP contribution in [0.5, 0.6) is 0 Å². The van der Waals surface area contributed by atoms with E-state index < -0.39 is 16.2 Å². The Morgan fingerprint density at radius 1 is 0.920 bits per heavy atom. The van der Waals surface area contributed by atoms with E-state index in [1.54, 1.807) is 0 Å². The van der Waals surface area contributed by atoms with Crippen LogP contribution >= 0.6 is 0 Å². The maximum atomic E-state index is 10.8. The number of fused-ring (bicyclic) bond motifs is 1. The van der Waals surface area contributed by atoms with Crippen LogP contribution in [0.1, 0.15) is 26.2 Å². The van der Waals surface area contributed by atoms with Crippen molar-refractivity contribution in [3.8, 4) is 0 Å². The molecule has 2 aromatic rings. The Labute approximate surface area is 151 Å². The van der Waals surface area contributed by atoms with Crippen molar-refractivity contribution >= 4 is 32.3 Å². The highest BCUT2D eigenvalue weighted by Crippen LogP contribution is 2.11. The van der Waals surface area contributed by atoms with Gasteiger partial charge >= 0.3 is 0 Å². The minimum absolute atomic E-state index is 0.443. The lowest BCUT2D eigenvalue weighted by Gasteiger charge is -2.03. The maximum Gasteiger partial charge on any atom is 0.259 e. The molecule has 0 saturated carbocycles. The van der Waals surface area contributed by atoms with Crippen LogP contribution < -0.4 is 10.6 Å². The zero-order valence-corrected chi connectivity index (χ0v) is 15.4. The van der Waals surface area contributed by atoms with Crippen LogP contribution in [0.4, 0.5) is 0 Å². The maximum absolute atomic E-state index is 10.8. The summed E-state index contributed by atoms with van der Waals surface area (Å²) in [6.07, 6.45) is 3.51. The number of rotatable bonds is 8. The Bertz CT molecular complexity index is 700. The first-order valence-corrected chi connectivity index (χ1v) is 9.62. The molecule has 0 spiro atoms. The molecule has 0 radical (unpaired) electrons. The van der Waals surface area contributed by atoms with Gasteiger partial charge in [0, 0.05) is 13.1 Å². The number of amides is 1. The Morgan fingerprint density at radius 3 is 1.96 bits per heavy atom. The van der Waals surface area contributed by atoms with Crippen LogP contribution in [0.3, 0.4) is 0 Å². The topological polar surface area (TPSA) is 75.3 Å².